The Bertz CT molecular complexity index is 138. The molecule has 0 aromatic rings. The molecule has 0 amide bonds. The SMILES string of the molecule is CCCCCOCC(C)(O)CNCCC. The Balaban J connectivity index is 3.38. The van der Waals surface area contributed by atoms with Crippen molar-refractivity contribution in [3.05, 3.63) is 0 Å². The number of hydrogen-bond donors (Lipinski definition) is 2. The molecule has 3 heteroatoms. The van der Waals surface area contributed by atoms with Crippen LogP contribution >= 0.6 is 0 Å². The lowest BCUT2D eigenvalue weighted by Crippen LogP contribution is -2.42. The molecule has 0 rings (SSSR count). The summed E-state index contributed by atoms with van der Waals surface area (Å²) in [6.45, 7) is 8.84. The van der Waals surface area contributed by atoms with Crippen molar-refractivity contribution in [3.8, 4) is 0 Å². The van der Waals surface area contributed by atoms with E-state index < -0.39 is 5.60 Å². The van der Waals surface area contributed by atoms with Crippen molar-refractivity contribution < 1.29 is 9.84 Å². The zero-order chi connectivity index (χ0) is 11.6. The molecule has 0 aliphatic heterocycles. The van der Waals surface area contributed by atoms with Crippen LogP contribution in [0.25, 0.3) is 0 Å². The maximum absolute atomic E-state index is 9.91. The molecule has 0 bridgehead atoms. The highest BCUT2D eigenvalue weighted by Gasteiger charge is 2.19. The fraction of sp³-hybridized carbons (Fsp3) is 1.00. The van der Waals surface area contributed by atoms with Gasteiger partial charge in [0.15, 0.2) is 0 Å². The predicted molar refractivity (Wildman–Crippen MR) is 64.1 cm³/mol. The summed E-state index contributed by atoms with van der Waals surface area (Å²) in [6, 6.07) is 0. The smallest absolute Gasteiger partial charge is 0.0975 e. The first kappa shape index (κ1) is 14.9. The topological polar surface area (TPSA) is 41.5 Å². The molecule has 0 saturated heterocycles. The second-order valence-corrected chi connectivity index (χ2v) is 4.43. The van der Waals surface area contributed by atoms with E-state index in [-0.39, 0.29) is 0 Å². The number of unbranched alkanes of at least 4 members (excludes halogenated alkanes) is 2. The van der Waals surface area contributed by atoms with E-state index in [1.807, 2.05) is 6.92 Å². The first-order chi connectivity index (χ1) is 7.12. The minimum atomic E-state index is -0.735. The lowest BCUT2D eigenvalue weighted by molar-refractivity contribution is -0.0329. The minimum absolute atomic E-state index is 0.424. The quantitative estimate of drug-likeness (QED) is 0.550. The monoisotopic (exact) mass is 217 g/mol. The van der Waals surface area contributed by atoms with Gasteiger partial charge in [-0.2, -0.15) is 0 Å². The van der Waals surface area contributed by atoms with Gasteiger partial charge in [0.1, 0.15) is 0 Å². The van der Waals surface area contributed by atoms with Crippen LogP contribution in [0.4, 0.5) is 0 Å². The largest absolute Gasteiger partial charge is 0.386 e. The van der Waals surface area contributed by atoms with Crippen LogP contribution < -0.4 is 5.32 Å². The number of aliphatic hydroxyl groups is 1. The van der Waals surface area contributed by atoms with Gasteiger partial charge in [0, 0.05) is 13.2 Å². The van der Waals surface area contributed by atoms with Gasteiger partial charge in [0.25, 0.3) is 0 Å². The molecule has 0 aromatic carbocycles. The summed E-state index contributed by atoms with van der Waals surface area (Å²) in [5, 5.41) is 13.1. The van der Waals surface area contributed by atoms with E-state index in [0.29, 0.717) is 13.2 Å². The summed E-state index contributed by atoms with van der Waals surface area (Å²) in [7, 11) is 0. The first-order valence-corrected chi connectivity index (χ1v) is 6.13. The van der Waals surface area contributed by atoms with E-state index in [2.05, 4.69) is 19.2 Å². The molecule has 92 valence electrons. The van der Waals surface area contributed by atoms with Crippen molar-refractivity contribution in [1.29, 1.82) is 0 Å². The Kier molecular flexibility index (Phi) is 9.06. The average molecular weight is 217 g/mol. The van der Waals surface area contributed by atoms with E-state index in [1.165, 1.54) is 12.8 Å². The molecule has 15 heavy (non-hydrogen) atoms. The highest BCUT2D eigenvalue weighted by molar-refractivity contribution is 4.74. The molecule has 0 saturated carbocycles. The van der Waals surface area contributed by atoms with Gasteiger partial charge < -0.3 is 15.2 Å². The van der Waals surface area contributed by atoms with Gasteiger partial charge in [-0.3, -0.25) is 0 Å². The molecule has 1 atom stereocenters. The fourth-order valence-electron chi connectivity index (χ4n) is 1.33. The molecule has 0 spiro atoms. The van der Waals surface area contributed by atoms with Crippen molar-refractivity contribution >= 4 is 0 Å². The normalized spacial score (nSPS) is 15.2. The molecule has 1 unspecified atom stereocenters. The van der Waals surface area contributed by atoms with Crippen LogP contribution in [0, 0.1) is 0 Å². The molecule has 2 N–H and O–H groups in total. The average Bonchev–Trinajstić information content (AvgIpc) is 2.17. The maximum atomic E-state index is 9.91. The van der Waals surface area contributed by atoms with Crippen molar-refractivity contribution in [1.82, 2.24) is 5.32 Å². The van der Waals surface area contributed by atoms with E-state index in [9.17, 15) is 5.11 Å². The standard InChI is InChI=1S/C12H27NO2/c1-4-6-7-9-15-11-12(3,14)10-13-8-5-2/h13-14H,4-11H2,1-3H3. The number of hydrogen-bond acceptors (Lipinski definition) is 3. The molecular formula is C12H27NO2. The second-order valence-electron chi connectivity index (χ2n) is 4.43. The summed E-state index contributed by atoms with van der Waals surface area (Å²) in [5.41, 5.74) is -0.735. The van der Waals surface area contributed by atoms with Crippen LogP contribution in [-0.4, -0.2) is 37.0 Å². The van der Waals surface area contributed by atoms with Crippen molar-refractivity contribution in [3.63, 3.8) is 0 Å². The Hall–Kier alpha value is -0.120. The summed E-state index contributed by atoms with van der Waals surface area (Å²) >= 11 is 0. The lowest BCUT2D eigenvalue weighted by Gasteiger charge is -2.23. The van der Waals surface area contributed by atoms with Crippen LogP contribution in [0.5, 0.6) is 0 Å². The highest BCUT2D eigenvalue weighted by Crippen LogP contribution is 2.03. The van der Waals surface area contributed by atoms with Gasteiger partial charge in [0.2, 0.25) is 0 Å². The van der Waals surface area contributed by atoms with Crippen LogP contribution in [0.1, 0.15) is 46.5 Å². The Morgan fingerprint density at radius 2 is 1.93 bits per heavy atom. The highest BCUT2D eigenvalue weighted by atomic mass is 16.5. The van der Waals surface area contributed by atoms with Crippen molar-refractivity contribution in [2.24, 2.45) is 0 Å². The molecule has 3 nitrogen and oxygen atoms in total. The van der Waals surface area contributed by atoms with Crippen molar-refractivity contribution in [2.45, 2.75) is 52.1 Å². The Morgan fingerprint density at radius 3 is 2.53 bits per heavy atom. The molecule has 0 aliphatic carbocycles. The van der Waals surface area contributed by atoms with E-state index in [1.54, 1.807) is 0 Å². The molecule has 0 aromatic heterocycles. The van der Waals surface area contributed by atoms with Crippen LogP contribution in [0.2, 0.25) is 0 Å². The van der Waals surface area contributed by atoms with Gasteiger partial charge in [0.05, 0.1) is 12.2 Å². The summed E-state index contributed by atoms with van der Waals surface area (Å²) in [6.07, 6.45) is 4.59. The number of nitrogens with one attached hydrogen (secondary N) is 1. The van der Waals surface area contributed by atoms with Gasteiger partial charge in [-0.25, -0.2) is 0 Å². The molecule has 0 aliphatic rings. The zero-order valence-electron chi connectivity index (χ0n) is 10.5. The first-order valence-electron chi connectivity index (χ1n) is 6.13. The van der Waals surface area contributed by atoms with Crippen LogP contribution in [-0.2, 0) is 4.74 Å². The summed E-state index contributed by atoms with van der Waals surface area (Å²) in [4.78, 5) is 0. The fourth-order valence-corrected chi connectivity index (χ4v) is 1.33. The van der Waals surface area contributed by atoms with E-state index in [0.717, 1.165) is 26.0 Å². The maximum Gasteiger partial charge on any atom is 0.0975 e. The number of rotatable bonds is 10. The van der Waals surface area contributed by atoms with Crippen molar-refractivity contribution in [2.75, 3.05) is 26.3 Å². The Labute approximate surface area is 94.2 Å². The predicted octanol–water partition coefficient (Wildman–Crippen LogP) is 1.94. The Morgan fingerprint density at radius 1 is 1.20 bits per heavy atom. The third-order valence-corrected chi connectivity index (χ3v) is 2.24. The molecule has 0 fully saturated rings. The van der Waals surface area contributed by atoms with Gasteiger partial charge in [-0.15, -0.1) is 0 Å². The molecular weight excluding hydrogens is 190 g/mol. The minimum Gasteiger partial charge on any atom is -0.386 e. The third-order valence-electron chi connectivity index (χ3n) is 2.24. The van der Waals surface area contributed by atoms with E-state index >= 15 is 0 Å². The molecule has 0 heterocycles. The third kappa shape index (κ3) is 10.2. The number of ether oxygens (including phenoxy) is 1. The van der Waals surface area contributed by atoms with Gasteiger partial charge >= 0.3 is 0 Å². The summed E-state index contributed by atoms with van der Waals surface area (Å²) < 4.78 is 5.44. The zero-order valence-corrected chi connectivity index (χ0v) is 10.5. The van der Waals surface area contributed by atoms with Gasteiger partial charge in [-0.1, -0.05) is 26.7 Å². The van der Waals surface area contributed by atoms with Gasteiger partial charge in [-0.05, 0) is 26.3 Å². The second kappa shape index (κ2) is 9.13. The van der Waals surface area contributed by atoms with Crippen LogP contribution in [0.3, 0.4) is 0 Å². The molecule has 0 radical (unpaired) electrons. The lowest BCUT2D eigenvalue weighted by atomic mass is 10.1. The summed E-state index contributed by atoms with van der Waals surface area (Å²) in [5.74, 6) is 0. The van der Waals surface area contributed by atoms with Crippen LogP contribution in [0.15, 0.2) is 0 Å². The van der Waals surface area contributed by atoms with E-state index in [4.69, 9.17) is 4.74 Å².